The number of nitrogens with zero attached hydrogens (tertiary/aromatic N) is 4. The van der Waals surface area contributed by atoms with E-state index in [0.29, 0.717) is 25.5 Å². The lowest BCUT2D eigenvalue weighted by Gasteiger charge is -2.21. The molecule has 0 amide bonds. The molecule has 24 heavy (non-hydrogen) atoms. The second kappa shape index (κ2) is 4.99. The van der Waals surface area contributed by atoms with Crippen molar-refractivity contribution in [1.29, 1.82) is 0 Å². The number of aromatic nitrogens is 3. The van der Waals surface area contributed by atoms with E-state index in [1.54, 1.807) is 0 Å². The summed E-state index contributed by atoms with van der Waals surface area (Å²) in [5.41, 5.74) is 1.68. The molecule has 1 saturated heterocycles. The minimum atomic E-state index is -2.50. The first-order valence-corrected chi connectivity index (χ1v) is 7.69. The monoisotopic (exact) mass is 333 g/mol. The van der Waals surface area contributed by atoms with Crippen molar-refractivity contribution < 1.29 is 18.7 Å². The number of aromatic carboxylic acids is 1. The van der Waals surface area contributed by atoms with Crippen molar-refractivity contribution in [3.05, 3.63) is 41.3 Å². The zero-order chi connectivity index (χ0) is 17.1. The van der Waals surface area contributed by atoms with E-state index < -0.39 is 23.7 Å². The fourth-order valence-electron chi connectivity index (χ4n) is 3.34. The quantitative estimate of drug-likeness (QED) is 0.823. The highest BCUT2D eigenvalue weighted by Gasteiger charge is 2.71. The standard InChI is InChI=1S/C16H16F2N4O2/c1-9-10(5-22-6-11(4-19-22)15(23)24)2-3-14(20-9)21-7-12-13(8-21)16(12,17)18/h2-4,6,12-13H,5,7-8H2,1H3,(H,23,24)/p-1. The van der Waals surface area contributed by atoms with Crippen LogP contribution in [0.2, 0.25) is 0 Å². The predicted molar refractivity (Wildman–Crippen MR) is 78.8 cm³/mol. The molecule has 2 aromatic rings. The first kappa shape index (κ1) is 15.0. The molecule has 1 aliphatic heterocycles. The predicted octanol–water partition coefficient (Wildman–Crippen LogP) is 0.700. The third-order valence-corrected chi connectivity index (χ3v) is 4.91. The topological polar surface area (TPSA) is 74.1 Å². The SMILES string of the molecule is Cc1nc(N2CC3C(C2)C3(F)F)ccc1Cn1cc(C(=O)[O-])cn1. The van der Waals surface area contributed by atoms with Crippen molar-refractivity contribution in [2.24, 2.45) is 11.8 Å². The lowest BCUT2D eigenvalue weighted by molar-refractivity contribution is -0.255. The van der Waals surface area contributed by atoms with Crippen LogP contribution in [-0.2, 0) is 6.54 Å². The number of carboxylic acids is 1. The molecule has 126 valence electrons. The van der Waals surface area contributed by atoms with Crippen LogP contribution in [-0.4, -0.2) is 39.7 Å². The van der Waals surface area contributed by atoms with Gasteiger partial charge < -0.3 is 14.8 Å². The van der Waals surface area contributed by atoms with E-state index in [2.05, 4.69) is 10.1 Å². The van der Waals surface area contributed by atoms with Gasteiger partial charge in [0.05, 0.1) is 30.5 Å². The summed E-state index contributed by atoms with van der Waals surface area (Å²) in [6, 6.07) is 3.69. The first-order chi connectivity index (χ1) is 11.4. The van der Waals surface area contributed by atoms with E-state index >= 15 is 0 Å². The van der Waals surface area contributed by atoms with Crippen molar-refractivity contribution >= 4 is 11.8 Å². The average molecular weight is 333 g/mol. The highest BCUT2D eigenvalue weighted by molar-refractivity contribution is 5.84. The molecule has 2 unspecified atom stereocenters. The van der Waals surface area contributed by atoms with E-state index in [4.69, 9.17) is 0 Å². The summed E-state index contributed by atoms with van der Waals surface area (Å²) in [4.78, 5) is 17.2. The number of hydrogen-bond acceptors (Lipinski definition) is 5. The normalized spacial score (nSPS) is 24.0. The second-order valence-electron chi connectivity index (χ2n) is 6.42. The Kier molecular flexibility index (Phi) is 3.13. The maximum Gasteiger partial charge on any atom is 0.258 e. The van der Waals surface area contributed by atoms with E-state index in [1.807, 2.05) is 24.0 Å². The zero-order valence-corrected chi connectivity index (χ0v) is 12.9. The van der Waals surface area contributed by atoms with Crippen molar-refractivity contribution in [1.82, 2.24) is 14.8 Å². The number of alkyl halides is 2. The Balaban J connectivity index is 1.47. The van der Waals surface area contributed by atoms with Gasteiger partial charge in [-0.2, -0.15) is 5.10 Å². The number of aryl methyl sites for hydroxylation is 1. The third kappa shape index (κ3) is 2.33. The van der Waals surface area contributed by atoms with Gasteiger partial charge in [0.2, 0.25) is 0 Å². The summed E-state index contributed by atoms with van der Waals surface area (Å²) in [6.45, 7) is 2.91. The van der Waals surface area contributed by atoms with Crippen molar-refractivity contribution in [2.75, 3.05) is 18.0 Å². The Labute approximate surface area is 136 Å². The molecule has 3 heterocycles. The van der Waals surface area contributed by atoms with Crippen molar-refractivity contribution in [2.45, 2.75) is 19.4 Å². The molecule has 4 rings (SSSR count). The number of halogens is 2. The maximum atomic E-state index is 13.3. The second-order valence-corrected chi connectivity index (χ2v) is 6.42. The lowest BCUT2D eigenvalue weighted by Crippen LogP contribution is -2.28. The summed E-state index contributed by atoms with van der Waals surface area (Å²) in [5.74, 6) is -4.13. The molecule has 0 bridgehead atoms. The Morgan fingerprint density at radius 2 is 2.08 bits per heavy atom. The maximum absolute atomic E-state index is 13.3. The summed E-state index contributed by atoms with van der Waals surface area (Å²) in [5, 5.41) is 14.7. The van der Waals surface area contributed by atoms with E-state index in [-0.39, 0.29) is 5.56 Å². The van der Waals surface area contributed by atoms with Crippen LogP contribution in [0.1, 0.15) is 21.6 Å². The van der Waals surface area contributed by atoms with Gasteiger partial charge in [-0.15, -0.1) is 0 Å². The number of pyridine rings is 1. The number of fused-ring (bicyclic) bond motifs is 1. The number of rotatable bonds is 4. The Bertz CT molecular complexity index is 806. The van der Waals surface area contributed by atoms with Crippen LogP contribution in [0.3, 0.4) is 0 Å². The summed E-state index contributed by atoms with van der Waals surface area (Å²) in [6.07, 6.45) is 2.64. The molecule has 6 nitrogen and oxygen atoms in total. The molecule has 8 heteroatoms. The van der Waals surface area contributed by atoms with Crippen LogP contribution >= 0.6 is 0 Å². The summed E-state index contributed by atoms with van der Waals surface area (Å²) in [7, 11) is 0. The number of carboxylic acid groups (broad SMARTS) is 1. The van der Waals surface area contributed by atoms with Gasteiger partial charge in [0.25, 0.3) is 5.92 Å². The van der Waals surface area contributed by atoms with Crippen LogP contribution in [0.15, 0.2) is 24.5 Å². The fraction of sp³-hybridized carbons (Fsp3) is 0.438. The van der Waals surface area contributed by atoms with Crippen LogP contribution in [0, 0.1) is 18.8 Å². The molecule has 0 N–H and O–H groups in total. The average Bonchev–Trinajstić information content (AvgIpc) is 3.00. The Morgan fingerprint density at radius 1 is 1.38 bits per heavy atom. The number of hydrogen-bond donors (Lipinski definition) is 0. The first-order valence-electron chi connectivity index (χ1n) is 7.69. The van der Waals surface area contributed by atoms with Crippen LogP contribution in [0.25, 0.3) is 0 Å². The summed E-state index contributed by atoms with van der Waals surface area (Å²) >= 11 is 0. The van der Waals surface area contributed by atoms with Crippen molar-refractivity contribution in [3.8, 4) is 0 Å². The van der Waals surface area contributed by atoms with Gasteiger partial charge in [-0.25, -0.2) is 13.8 Å². The van der Waals surface area contributed by atoms with Gasteiger partial charge in [0.1, 0.15) is 5.82 Å². The Morgan fingerprint density at radius 3 is 2.67 bits per heavy atom. The zero-order valence-electron chi connectivity index (χ0n) is 12.9. The van der Waals surface area contributed by atoms with Gasteiger partial charge >= 0.3 is 0 Å². The number of piperidine rings is 1. The van der Waals surface area contributed by atoms with Crippen LogP contribution < -0.4 is 10.0 Å². The Hall–Kier alpha value is -2.51. The van der Waals surface area contributed by atoms with E-state index in [1.165, 1.54) is 17.1 Å². The minimum absolute atomic E-state index is 0.0226. The van der Waals surface area contributed by atoms with Gasteiger partial charge in [-0.05, 0) is 18.6 Å². The molecule has 2 atom stereocenters. The summed E-state index contributed by atoms with van der Waals surface area (Å²) < 4.78 is 28.0. The largest absolute Gasteiger partial charge is 0.545 e. The minimum Gasteiger partial charge on any atom is -0.545 e. The molecule has 0 aromatic carbocycles. The highest BCUT2D eigenvalue weighted by atomic mass is 19.3. The van der Waals surface area contributed by atoms with E-state index in [0.717, 1.165) is 11.3 Å². The smallest absolute Gasteiger partial charge is 0.258 e. The van der Waals surface area contributed by atoms with Gasteiger partial charge in [-0.3, -0.25) is 4.68 Å². The number of anilines is 1. The molecule has 2 aliphatic rings. The van der Waals surface area contributed by atoms with Gasteiger partial charge in [-0.1, -0.05) is 6.07 Å². The number of carbonyl (C=O) groups excluding carboxylic acids is 1. The lowest BCUT2D eigenvalue weighted by atomic mass is 10.2. The number of carbonyl (C=O) groups is 1. The molecule has 0 radical (unpaired) electrons. The molecular weight excluding hydrogens is 318 g/mol. The molecule has 1 saturated carbocycles. The van der Waals surface area contributed by atoms with Crippen LogP contribution in [0.5, 0.6) is 0 Å². The molecule has 0 spiro atoms. The fourth-order valence-corrected chi connectivity index (χ4v) is 3.34. The molecular formula is C16H15F2N4O2-. The van der Waals surface area contributed by atoms with E-state index in [9.17, 15) is 18.7 Å². The molecule has 2 aromatic heterocycles. The third-order valence-electron chi connectivity index (χ3n) is 4.91. The van der Waals surface area contributed by atoms with Crippen molar-refractivity contribution in [3.63, 3.8) is 0 Å². The van der Waals surface area contributed by atoms with Crippen LogP contribution in [0.4, 0.5) is 14.6 Å². The highest BCUT2D eigenvalue weighted by Crippen LogP contribution is 2.59. The van der Waals surface area contributed by atoms with Gasteiger partial charge in [0.15, 0.2) is 0 Å². The molecule has 2 fully saturated rings. The molecule has 1 aliphatic carbocycles. The van der Waals surface area contributed by atoms with Gasteiger partial charge in [0, 0.05) is 30.5 Å².